The Morgan fingerprint density at radius 1 is 1.23 bits per heavy atom. The zero-order valence-corrected chi connectivity index (χ0v) is 11.7. The molecule has 0 saturated heterocycles. The lowest BCUT2D eigenvalue weighted by Gasteiger charge is -2.02. The van der Waals surface area contributed by atoms with E-state index in [1.54, 1.807) is 18.6 Å². The maximum atomic E-state index is 11.7. The maximum absolute atomic E-state index is 11.7. The molecule has 3 aromatic rings. The first-order chi connectivity index (χ1) is 10.8. The van der Waals surface area contributed by atoms with Gasteiger partial charge in [0.05, 0.1) is 6.20 Å². The van der Waals surface area contributed by atoms with E-state index in [0.29, 0.717) is 11.9 Å². The molecule has 22 heavy (non-hydrogen) atoms. The Bertz CT molecular complexity index is 824. The highest BCUT2D eigenvalue weighted by atomic mass is 16.2. The first-order valence-electron chi connectivity index (χ1n) is 7.09. The van der Waals surface area contributed by atoms with Crippen LogP contribution in [-0.2, 0) is 0 Å². The van der Waals surface area contributed by atoms with E-state index in [-0.39, 0.29) is 6.03 Å². The Labute approximate surface area is 126 Å². The molecule has 0 radical (unpaired) electrons. The highest BCUT2D eigenvalue weighted by Crippen LogP contribution is 2.21. The molecule has 7 nitrogen and oxygen atoms in total. The average molecular weight is 294 g/mol. The van der Waals surface area contributed by atoms with Crippen LogP contribution >= 0.6 is 0 Å². The van der Waals surface area contributed by atoms with Gasteiger partial charge >= 0.3 is 6.03 Å². The third-order valence-electron chi connectivity index (χ3n) is 3.51. The molecular formula is C15H14N6O. The zero-order chi connectivity index (χ0) is 14.9. The third-order valence-corrected chi connectivity index (χ3v) is 3.51. The standard InChI is InChI=1S/C15H14N6O/c22-15(18-12-1-2-12)20-13-8-21-4-3-10(5-14(21)19-13)11-6-16-9-17-7-11/h3-9,12H,1-2H2,(H2,18,20,22). The molecule has 1 aliphatic carbocycles. The van der Waals surface area contributed by atoms with E-state index in [1.807, 2.05) is 22.7 Å². The van der Waals surface area contributed by atoms with Crippen molar-refractivity contribution in [1.29, 1.82) is 0 Å². The van der Waals surface area contributed by atoms with Crippen LogP contribution in [0.25, 0.3) is 16.8 Å². The molecule has 110 valence electrons. The Kier molecular flexibility index (Phi) is 2.96. The lowest BCUT2D eigenvalue weighted by Crippen LogP contribution is -2.30. The van der Waals surface area contributed by atoms with Gasteiger partial charge in [-0.05, 0) is 30.5 Å². The number of amides is 2. The minimum Gasteiger partial charge on any atom is -0.335 e. The molecule has 0 unspecified atom stereocenters. The van der Waals surface area contributed by atoms with Gasteiger partial charge in [-0.25, -0.2) is 19.7 Å². The number of urea groups is 1. The Hall–Kier alpha value is -2.96. The van der Waals surface area contributed by atoms with Crippen molar-refractivity contribution in [3.63, 3.8) is 0 Å². The minimum atomic E-state index is -0.206. The van der Waals surface area contributed by atoms with E-state index in [9.17, 15) is 4.79 Å². The van der Waals surface area contributed by atoms with Crippen molar-refractivity contribution < 1.29 is 4.79 Å². The zero-order valence-electron chi connectivity index (χ0n) is 11.7. The monoisotopic (exact) mass is 294 g/mol. The lowest BCUT2D eigenvalue weighted by molar-refractivity contribution is 0.251. The number of hydrogen-bond acceptors (Lipinski definition) is 4. The van der Waals surface area contributed by atoms with Gasteiger partial charge in [0.1, 0.15) is 12.0 Å². The summed E-state index contributed by atoms with van der Waals surface area (Å²) in [6.45, 7) is 0. The highest BCUT2D eigenvalue weighted by molar-refractivity contribution is 5.89. The van der Waals surface area contributed by atoms with Crippen LogP contribution in [0.4, 0.5) is 10.6 Å². The van der Waals surface area contributed by atoms with E-state index < -0.39 is 0 Å². The summed E-state index contributed by atoms with van der Waals surface area (Å²) in [6.07, 6.45) is 10.8. The molecule has 7 heteroatoms. The van der Waals surface area contributed by atoms with Gasteiger partial charge in [0.2, 0.25) is 0 Å². The van der Waals surface area contributed by atoms with Crippen LogP contribution in [0, 0.1) is 0 Å². The van der Waals surface area contributed by atoms with E-state index >= 15 is 0 Å². The maximum Gasteiger partial charge on any atom is 0.320 e. The normalized spacial score (nSPS) is 14.0. The molecule has 0 aliphatic heterocycles. The van der Waals surface area contributed by atoms with Gasteiger partial charge < -0.3 is 9.72 Å². The van der Waals surface area contributed by atoms with Crippen molar-refractivity contribution in [3.8, 4) is 11.1 Å². The van der Waals surface area contributed by atoms with Gasteiger partial charge in [-0.1, -0.05) is 0 Å². The second kappa shape index (κ2) is 5.10. The Balaban J connectivity index is 1.59. The Morgan fingerprint density at radius 3 is 2.82 bits per heavy atom. The number of fused-ring (bicyclic) bond motifs is 1. The van der Waals surface area contributed by atoms with Crippen LogP contribution in [0.5, 0.6) is 0 Å². The summed E-state index contributed by atoms with van der Waals surface area (Å²) in [5.41, 5.74) is 2.66. The fraction of sp³-hybridized carbons (Fsp3) is 0.200. The van der Waals surface area contributed by atoms with E-state index in [4.69, 9.17) is 0 Å². The number of rotatable bonds is 3. The summed E-state index contributed by atoms with van der Waals surface area (Å²) in [7, 11) is 0. The number of hydrogen-bond donors (Lipinski definition) is 2. The van der Waals surface area contributed by atoms with Crippen LogP contribution in [0.1, 0.15) is 12.8 Å². The molecule has 3 heterocycles. The molecular weight excluding hydrogens is 280 g/mol. The van der Waals surface area contributed by atoms with Gasteiger partial charge in [0.15, 0.2) is 5.82 Å². The first-order valence-corrected chi connectivity index (χ1v) is 7.09. The number of carbonyl (C=O) groups is 1. The van der Waals surface area contributed by atoms with Crippen LogP contribution in [0.2, 0.25) is 0 Å². The molecule has 0 aromatic carbocycles. The molecule has 1 aliphatic rings. The fourth-order valence-electron chi connectivity index (χ4n) is 2.24. The van der Waals surface area contributed by atoms with Gasteiger partial charge in [0.25, 0.3) is 0 Å². The largest absolute Gasteiger partial charge is 0.335 e. The van der Waals surface area contributed by atoms with Crippen molar-refractivity contribution in [2.24, 2.45) is 0 Å². The number of carbonyl (C=O) groups excluding carboxylic acids is 1. The molecule has 0 spiro atoms. The van der Waals surface area contributed by atoms with Gasteiger partial charge in [-0.2, -0.15) is 0 Å². The molecule has 4 rings (SSSR count). The number of imidazole rings is 1. The van der Waals surface area contributed by atoms with Crippen LogP contribution in [0.3, 0.4) is 0 Å². The summed E-state index contributed by atoms with van der Waals surface area (Å²) < 4.78 is 1.86. The van der Waals surface area contributed by atoms with E-state index in [0.717, 1.165) is 29.6 Å². The molecule has 3 aromatic heterocycles. The van der Waals surface area contributed by atoms with Gasteiger partial charge in [0, 0.05) is 30.2 Å². The Morgan fingerprint density at radius 2 is 2.05 bits per heavy atom. The topological polar surface area (TPSA) is 84.2 Å². The van der Waals surface area contributed by atoms with Crippen LogP contribution < -0.4 is 10.6 Å². The summed E-state index contributed by atoms with van der Waals surface area (Å²) in [6, 6.07) is 4.01. The first kappa shape index (κ1) is 12.8. The average Bonchev–Trinajstić information content (AvgIpc) is 3.25. The van der Waals surface area contributed by atoms with E-state index in [1.165, 1.54) is 6.33 Å². The van der Waals surface area contributed by atoms with Crippen LogP contribution in [-0.4, -0.2) is 31.4 Å². The highest BCUT2D eigenvalue weighted by Gasteiger charge is 2.23. The van der Waals surface area contributed by atoms with Crippen molar-refractivity contribution in [1.82, 2.24) is 24.7 Å². The number of aromatic nitrogens is 4. The van der Waals surface area contributed by atoms with Crippen molar-refractivity contribution in [2.75, 3.05) is 5.32 Å². The van der Waals surface area contributed by atoms with Gasteiger partial charge in [-0.15, -0.1) is 0 Å². The summed E-state index contributed by atoms with van der Waals surface area (Å²) in [5.74, 6) is 0.527. The summed E-state index contributed by atoms with van der Waals surface area (Å²) in [4.78, 5) is 24.2. The van der Waals surface area contributed by atoms with Gasteiger partial charge in [-0.3, -0.25) is 5.32 Å². The SMILES string of the molecule is O=C(Nc1cn2ccc(-c3cncnc3)cc2n1)NC1CC1. The quantitative estimate of drug-likeness (QED) is 0.774. The second-order valence-electron chi connectivity index (χ2n) is 5.31. The molecule has 2 N–H and O–H groups in total. The van der Waals surface area contributed by atoms with Crippen LogP contribution in [0.15, 0.2) is 43.2 Å². The molecule has 1 fully saturated rings. The molecule has 1 saturated carbocycles. The lowest BCUT2D eigenvalue weighted by atomic mass is 10.1. The summed E-state index contributed by atoms with van der Waals surface area (Å²) in [5, 5.41) is 5.62. The molecule has 0 atom stereocenters. The smallest absolute Gasteiger partial charge is 0.320 e. The van der Waals surface area contributed by atoms with Crippen molar-refractivity contribution >= 4 is 17.5 Å². The minimum absolute atomic E-state index is 0.206. The number of nitrogens with zero attached hydrogens (tertiary/aromatic N) is 4. The number of pyridine rings is 1. The van der Waals surface area contributed by atoms with Crippen molar-refractivity contribution in [3.05, 3.63) is 43.2 Å². The van der Waals surface area contributed by atoms with Crippen molar-refractivity contribution in [2.45, 2.75) is 18.9 Å². The molecule has 2 amide bonds. The van der Waals surface area contributed by atoms with E-state index in [2.05, 4.69) is 25.6 Å². The number of anilines is 1. The fourth-order valence-corrected chi connectivity index (χ4v) is 2.24. The number of nitrogens with one attached hydrogen (secondary N) is 2. The third kappa shape index (κ3) is 2.60. The predicted octanol–water partition coefficient (Wildman–Crippen LogP) is 2.08. The second-order valence-corrected chi connectivity index (χ2v) is 5.31. The summed E-state index contributed by atoms with van der Waals surface area (Å²) >= 11 is 0. The molecule has 0 bridgehead atoms. The predicted molar refractivity (Wildman–Crippen MR) is 81.4 cm³/mol.